The summed E-state index contributed by atoms with van der Waals surface area (Å²) in [5, 5.41) is 0. The summed E-state index contributed by atoms with van der Waals surface area (Å²) < 4.78 is 41.4. The number of hydrogen-bond donors (Lipinski definition) is 0. The zero-order valence-electron chi connectivity index (χ0n) is 16.9. The molecule has 0 heterocycles. The van der Waals surface area contributed by atoms with E-state index in [1.165, 1.54) is 31.1 Å². The maximum atomic E-state index is 14.2. The van der Waals surface area contributed by atoms with Gasteiger partial charge in [-0.3, -0.25) is 4.79 Å². The van der Waals surface area contributed by atoms with Gasteiger partial charge >= 0.3 is 0 Å². The largest absolute Gasteiger partial charge is 0.330 e. The Hall–Kier alpha value is -2.03. The van der Waals surface area contributed by atoms with Crippen LogP contribution in [0.2, 0.25) is 0 Å². The molecule has 8 heteroatoms. The van der Waals surface area contributed by atoms with Crippen molar-refractivity contribution in [3.8, 4) is 0 Å². The molecule has 0 N–H and O–H groups in total. The molecule has 0 saturated carbocycles. The van der Waals surface area contributed by atoms with Crippen molar-refractivity contribution in [2.45, 2.75) is 25.3 Å². The van der Waals surface area contributed by atoms with Crippen LogP contribution in [0.4, 0.5) is 4.39 Å². The molecule has 0 saturated heterocycles. The van der Waals surface area contributed by atoms with E-state index in [1.54, 1.807) is 38.1 Å². The van der Waals surface area contributed by atoms with E-state index in [9.17, 15) is 17.6 Å². The van der Waals surface area contributed by atoms with E-state index in [0.29, 0.717) is 21.2 Å². The molecule has 2 aromatic rings. The van der Waals surface area contributed by atoms with Crippen LogP contribution in [0.15, 0.2) is 52.4 Å². The molecule has 5 nitrogen and oxygen atoms in total. The van der Waals surface area contributed by atoms with Crippen LogP contribution < -0.4 is 0 Å². The minimum atomic E-state index is -3.72. The molecule has 2 aromatic carbocycles. The van der Waals surface area contributed by atoms with Gasteiger partial charge in [-0.25, -0.2) is 17.1 Å². The van der Waals surface area contributed by atoms with Crippen LogP contribution >= 0.6 is 15.9 Å². The topological polar surface area (TPSA) is 57.7 Å². The summed E-state index contributed by atoms with van der Waals surface area (Å²) in [5.41, 5.74) is 1.84. The van der Waals surface area contributed by atoms with E-state index in [0.717, 1.165) is 4.31 Å². The number of rotatable bonds is 7. The number of benzene rings is 2. The quantitative estimate of drug-likeness (QED) is 0.553. The first-order chi connectivity index (χ1) is 13.5. The average Bonchev–Trinajstić information content (AvgIpc) is 2.65. The van der Waals surface area contributed by atoms with E-state index < -0.39 is 21.7 Å². The standard InChI is InChI=1S/C21H24BrFN2O3S/c1-6-9-25(13-17-11-18(22)7-8-19(17)23)21(26)16-10-14(2)15(3)20(12-16)29(27,28)24(4)5/h6-8,10-12H,1,9,13H2,2-5H3. The molecule has 0 atom stereocenters. The monoisotopic (exact) mass is 482 g/mol. The van der Waals surface area contributed by atoms with Crippen LogP contribution in [0.3, 0.4) is 0 Å². The summed E-state index contributed by atoms with van der Waals surface area (Å²) in [6, 6.07) is 7.56. The number of nitrogens with zero attached hydrogens (tertiary/aromatic N) is 2. The summed E-state index contributed by atoms with van der Waals surface area (Å²) in [7, 11) is -0.833. The molecule has 2 rings (SSSR count). The molecule has 0 spiro atoms. The Kier molecular flexibility index (Phi) is 7.37. The lowest BCUT2D eigenvalue weighted by molar-refractivity contribution is 0.0761. The molecule has 0 aliphatic heterocycles. The normalized spacial score (nSPS) is 11.6. The highest BCUT2D eigenvalue weighted by atomic mass is 79.9. The van der Waals surface area contributed by atoms with Crippen molar-refractivity contribution >= 4 is 31.9 Å². The zero-order chi connectivity index (χ0) is 21.9. The van der Waals surface area contributed by atoms with Crippen molar-refractivity contribution in [3.05, 3.63) is 75.5 Å². The zero-order valence-corrected chi connectivity index (χ0v) is 19.3. The van der Waals surface area contributed by atoms with Gasteiger partial charge in [0.1, 0.15) is 5.82 Å². The van der Waals surface area contributed by atoms with Gasteiger partial charge in [0.2, 0.25) is 10.0 Å². The third kappa shape index (κ3) is 5.12. The minimum Gasteiger partial charge on any atom is -0.330 e. The lowest BCUT2D eigenvalue weighted by Crippen LogP contribution is -2.31. The maximum Gasteiger partial charge on any atom is 0.254 e. The third-order valence-corrected chi connectivity index (χ3v) is 7.07. The Labute approximate surface area is 180 Å². The highest BCUT2D eigenvalue weighted by molar-refractivity contribution is 9.10. The fourth-order valence-electron chi connectivity index (χ4n) is 2.84. The van der Waals surface area contributed by atoms with Gasteiger partial charge in [-0.2, -0.15) is 0 Å². The Morgan fingerprint density at radius 2 is 1.86 bits per heavy atom. The highest BCUT2D eigenvalue weighted by Gasteiger charge is 2.25. The molecule has 0 aliphatic rings. The van der Waals surface area contributed by atoms with Crippen LogP contribution in [-0.2, 0) is 16.6 Å². The summed E-state index contributed by atoms with van der Waals surface area (Å²) >= 11 is 3.31. The lowest BCUT2D eigenvalue weighted by atomic mass is 10.0. The van der Waals surface area contributed by atoms with Gasteiger partial charge in [0.25, 0.3) is 5.91 Å². The van der Waals surface area contributed by atoms with Gasteiger partial charge in [-0.15, -0.1) is 6.58 Å². The average molecular weight is 483 g/mol. The van der Waals surface area contributed by atoms with Crippen LogP contribution in [0.25, 0.3) is 0 Å². The highest BCUT2D eigenvalue weighted by Crippen LogP contribution is 2.25. The molecule has 0 unspecified atom stereocenters. The van der Waals surface area contributed by atoms with Crippen molar-refractivity contribution in [1.29, 1.82) is 0 Å². The number of halogens is 2. The Morgan fingerprint density at radius 3 is 2.45 bits per heavy atom. The number of aryl methyl sites for hydroxylation is 1. The first-order valence-corrected chi connectivity index (χ1v) is 11.1. The summed E-state index contributed by atoms with van der Waals surface area (Å²) in [4.78, 5) is 14.7. The Bertz CT molecular complexity index is 1050. The van der Waals surface area contributed by atoms with E-state index in [-0.39, 0.29) is 23.5 Å². The molecule has 0 fully saturated rings. The second-order valence-electron chi connectivity index (χ2n) is 6.91. The molecular formula is C21H24BrFN2O3S. The summed E-state index contributed by atoms with van der Waals surface area (Å²) in [5.74, 6) is -0.825. The predicted molar refractivity (Wildman–Crippen MR) is 116 cm³/mol. The smallest absolute Gasteiger partial charge is 0.254 e. The first-order valence-electron chi connectivity index (χ1n) is 8.87. The van der Waals surface area contributed by atoms with Crippen molar-refractivity contribution in [1.82, 2.24) is 9.21 Å². The van der Waals surface area contributed by atoms with Crippen molar-refractivity contribution in [2.24, 2.45) is 0 Å². The van der Waals surface area contributed by atoms with E-state index in [1.807, 2.05) is 0 Å². The summed E-state index contributed by atoms with van der Waals surface area (Å²) in [6.07, 6.45) is 1.55. The van der Waals surface area contributed by atoms with Crippen LogP contribution in [0, 0.1) is 19.7 Å². The van der Waals surface area contributed by atoms with Crippen molar-refractivity contribution in [2.75, 3.05) is 20.6 Å². The first kappa shape index (κ1) is 23.3. The number of hydrogen-bond acceptors (Lipinski definition) is 3. The minimum absolute atomic E-state index is 0.0266. The number of carbonyl (C=O) groups excluding carboxylic acids is 1. The Balaban J connectivity index is 2.51. The molecule has 0 aliphatic carbocycles. The van der Waals surface area contributed by atoms with Crippen LogP contribution in [-0.4, -0.2) is 44.2 Å². The molecule has 156 valence electrons. The van der Waals surface area contributed by atoms with Gasteiger partial charge in [0.05, 0.1) is 4.90 Å². The van der Waals surface area contributed by atoms with Gasteiger partial charge in [0.15, 0.2) is 0 Å². The SMILES string of the molecule is C=CCN(Cc1cc(Br)ccc1F)C(=O)c1cc(C)c(C)c(S(=O)(=O)N(C)C)c1. The second-order valence-corrected chi connectivity index (χ2v) is 9.95. The van der Waals surface area contributed by atoms with Gasteiger partial charge < -0.3 is 4.90 Å². The van der Waals surface area contributed by atoms with Gasteiger partial charge in [-0.1, -0.05) is 22.0 Å². The fourth-order valence-corrected chi connectivity index (χ4v) is 4.47. The second kappa shape index (κ2) is 9.19. The van der Waals surface area contributed by atoms with Crippen molar-refractivity contribution in [3.63, 3.8) is 0 Å². The van der Waals surface area contributed by atoms with Crippen LogP contribution in [0.5, 0.6) is 0 Å². The fraction of sp³-hybridized carbons (Fsp3) is 0.286. The molecule has 0 radical (unpaired) electrons. The number of amides is 1. The molecule has 0 bridgehead atoms. The van der Waals surface area contributed by atoms with E-state index in [4.69, 9.17) is 0 Å². The molecule has 0 aromatic heterocycles. The van der Waals surface area contributed by atoms with E-state index >= 15 is 0 Å². The molecule has 29 heavy (non-hydrogen) atoms. The third-order valence-electron chi connectivity index (χ3n) is 4.63. The Morgan fingerprint density at radius 1 is 1.21 bits per heavy atom. The van der Waals surface area contributed by atoms with Gasteiger partial charge in [-0.05, 0) is 55.3 Å². The number of sulfonamides is 1. The van der Waals surface area contributed by atoms with Crippen LogP contribution in [0.1, 0.15) is 27.0 Å². The molecular weight excluding hydrogens is 459 g/mol. The predicted octanol–water partition coefficient (Wildman–Crippen LogP) is 4.28. The lowest BCUT2D eigenvalue weighted by Gasteiger charge is -2.23. The number of carbonyl (C=O) groups is 1. The van der Waals surface area contributed by atoms with E-state index in [2.05, 4.69) is 22.5 Å². The van der Waals surface area contributed by atoms with Crippen molar-refractivity contribution < 1.29 is 17.6 Å². The molecule has 1 amide bonds. The van der Waals surface area contributed by atoms with Gasteiger partial charge in [0, 0.05) is 42.8 Å². The summed E-state index contributed by atoms with van der Waals surface area (Å²) in [6.45, 7) is 7.35. The maximum absolute atomic E-state index is 14.2.